The third-order valence-corrected chi connectivity index (χ3v) is 3.69. The van der Waals surface area contributed by atoms with Crippen LogP contribution < -0.4 is 0 Å². The van der Waals surface area contributed by atoms with E-state index in [1.807, 2.05) is 17.3 Å². The van der Waals surface area contributed by atoms with Crippen LogP contribution in [-0.2, 0) is 14.3 Å². The second kappa shape index (κ2) is 5.91. The molecule has 0 N–H and O–H groups in total. The Morgan fingerprint density at radius 3 is 2.75 bits per heavy atom. The zero-order chi connectivity index (χ0) is 12.0. The minimum absolute atomic E-state index is 0.0895. The van der Waals surface area contributed by atoms with E-state index in [2.05, 4.69) is 15.7 Å². The summed E-state index contributed by atoms with van der Waals surface area (Å²) in [6.45, 7) is 5.31. The predicted molar refractivity (Wildman–Crippen MR) is 62.8 cm³/mol. The molecule has 16 heavy (non-hydrogen) atoms. The molecule has 0 aromatic carbocycles. The lowest BCUT2D eigenvalue weighted by Gasteiger charge is -2.17. The van der Waals surface area contributed by atoms with Crippen LogP contribution in [0.1, 0.15) is 12.8 Å². The number of rotatable bonds is 7. The van der Waals surface area contributed by atoms with Gasteiger partial charge in [0.1, 0.15) is 0 Å². The number of hydrogen-bond acceptors (Lipinski definition) is 5. The van der Waals surface area contributed by atoms with E-state index in [4.69, 9.17) is 0 Å². The average Bonchev–Trinajstić information content (AvgIpc) is 2.72. The SMILES string of the molecule is C=CN1C=CN(CCCCS(=O)(=O)OC)C1. The van der Waals surface area contributed by atoms with Crippen LogP contribution in [0.5, 0.6) is 0 Å². The quantitative estimate of drug-likeness (QED) is 0.494. The van der Waals surface area contributed by atoms with Crippen molar-refractivity contribution in [2.45, 2.75) is 12.8 Å². The van der Waals surface area contributed by atoms with Gasteiger partial charge in [-0.2, -0.15) is 8.42 Å². The molecule has 0 spiro atoms. The Morgan fingerprint density at radius 2 is 2.19 bits per heavy atom. The molecule has 92 valence electrons. The van der Waals surface area contributed by atoms with Crippen LogP contribution in [0.15, 0.2) is 25.2 Å². The topological polar surface area (TPSA) is 49.9 Å². The lowest BCUT2D eigenvalue weighted by molar-refractivity contribution is 0.310. The van der Waals surface area contributed by atoms with Crippen molar-refractivity contribution in [3.05, 3.63) is 25.2 Å². The van der Waals surface area contributed by atoms with Crippen LogP contribution in [-0.4, -0.2) is 44.3 Å². The largest absolute Gasteiger partial charge is 0.358 e. The van der Waals surface area contributed by atoms with Crippen molar-refractivity contribution in [2.75, 3.05) is 26.1 Å². The molecule has 0 aliphatic carbocycles. The van der Waals surface area contributed by atoms with E-state index in [1.165, 1.54) is 7.11 Å². The molecule has 6 heteroatoms. The molecule has 1 rings (SSSR count). The second-order valence-corrected chi connectivity index (χ2v) is 5.44. The van der Waals surface area contributed by atoms with Gasteiger partial charge in [-0.1, -0.05) is 6.58 Å². The Morgan fingerprint density at radius 1 is 1.44 bits per heavy atom. The van der Waals surface area contributed by atoms with Gasteiger partial charge in [0.2, 0.25) is 0 Å². The fraction of sp³-hybridized carbons (Fsp3) is 0.600. The van der Waals surface area contributed by atoms with Crippen molar-refractivity contribution in [2.24, 2.45) is 0 Å². The standard InChI is InChI=1S/C10H18N2O3S/c1-3-11-7-8-12(10-11)6-4-5-9-16(13,14)15-2/h3,7-8H,1,4-6,9-10H2,2H3. The zero-order valence-corrected chi connectivity index (χ0v) is 10.3. The molecule has 0 unspecified atom stereocenters. The summed E-state index contributed by atoms with van der Waals surface area (Å²) in [5, 5.41) is 0. The molecular formula is C10H18N2O3S. The van der Waals surface area contributed by atoms with E-state index in [9.17, 15) is 8.42 Å². The first kappa shape index (κ1) is 13.1. The normalized spacial score (nSPS) is 15.8. The third-order valence-electron chi connectivity index (χ3n) is 2.39. The van der Waals surface area contributed by atoms with Crippen LogP contribution in [0.3, 0.4) is 0 Å². The minimum Gasteiger partial charge on any atom is -0.358 e. The first-order valence-corrected chi connectivity index (χ1v) is 6.74. The van der Waals surface area contributed by atoms with Crippen LogP contribution in [0.4, 0.5) is 0 Å². The lowest BCUT2D eigenvalue weighted by atomic mass is 10.3. The van der Waals surface area contributed by atoms with Gasteiger partial charge >= 0.3 is 0 Å². The van der Waals surface area contributed by atoms with Gasteiger partial charge in [0, 0.05) is 18.9 Å². The van der Waals surface area contributed by atoms with Gasteiger partial charge < -0.3 is 9.80 Å². The van der Waals surface area contributed by atoms with Crippen LogP contribution >= 0.6 is 0 Å². The highest BCUT2D eigenvalue weighted by Crippen LogP contribution is 2.08. The number of hydrogen-bond donors (Lipinski definition) is 0. The number of unbranched alkanes of at least 4 members (excludes halogenated alkanes) is 1. The van der Waals surface area contributed by atoms with E-state index < -0.39 is 10.1 Å². The Balaban J connectivity index is 2.14. The monoisotopic (exact) mass is 246 g/mol. The maximum Gasteiger partial charge on any atom is 0.267 e. The lowest BCUT2D eigenvalue weighted by Crippen LogP contribution is -2.23. The summed E-state index contributed by atoms with van der Waals surface area (Å²) in [4.78, 5) is 4.08. The van der Waals surface area contributed by atoms with Gasteiger partial charge in [-0.15, -0.1) is 0 Å². The average molecular weight is 246 g/mol. The van der Waals surface area contributed by atoms with Crippen molar-refractivity contribution in [1.82, 2.24) is 9.80 Å². The van der Waals surface area contributed by atoms with E-state index >= 15 is 0 Å². The van der Waals surface area contributed by atoms with Gasteiger partial charge in [0.25, 0.3) is 10.1 Å². The molecule has 1 aliphatic rings. The van der Waals surface area contributed by atoms with Gasteiger partial charge in [-0.25, -0.2) is 0 Å². The Labute approximate surface area is 97.1 Å². The van der Waals surface area contributed by atoms with Crippen molar-refractivity contribution >= 4 is 10.1 Å². The highest BCUT2D eigenvalue weighted by Gasteiger charge is 2.11. The second-order valence-electron chi connectivity index (χ2n) is 3.58. The molecule has 0 saturated carbocycles. The molecule has 0 aromatic heterocycles. The molecule has 0 saturated heterocycles. The molecule has 0 fully saturated rings. The highest BCUT2D eigenvalue weighted by atomic mass is 32.2. The molecule has 1 heterocycles. The van der Waals surface area contributed by atoms with E-state index in [0.29, 0.717) is 6.42 Å². The van der Waals surface area contributed by atoms with Crippen LogP contribution in [0.25, 0.3) is 0 Å². The first-order chi connectivity index (χ1) is 7.57. The summed E-state index contributed by atoms with van der Waals surface area (Å²) in [6.07, 6.45) is 7.13. The molecule has 0 bridgehead atoms. The van der Waals surface area contributed by atoms with E-state index in [0.717, 1.165) is 19.6 Å². The Bertz CT molecular complexity index is 351. The predicted octanol–water partition coefficient (Wildman–Crippen LogP) is 0.933. The molecule has 0 amide bonds. The zero-order valence-electron chi connectivity index (χ0n) is 9.50. The summed E-state index contributed by atoms with van der Waals surface area (Å²) >= 11 is 0. The third kappa shape index (κ3) is 4.24. The van der Waals surface area contributed by atoms with Crippen LogP contribution in [0.2, 0.25) is 0 Å². The maximum atomic E-state index is 11.0. The highest BCUT2D eigenvalue weighted by molar-refractivity contribution is 7.86. The minimum atomic E-state index is -3.29. The summed E-state index contributed by atoms with van der Waals surface area (Å²) in [5.41, 5.74) is 0. The van der Waals surface area contributed by atoms with Crippen LogP contribution in [0, 0.1) is 0 Å². The van der Waals surface area contributed by atoms with Crippen molar-refractivity contribution in [3.63, 3.8) is 0 Å². The maximum absolute atomic E-state index is 11.0. The van der Waals surface area contributed by atoms with E-state index in [1.54, 1.807) is 6.20 Å². The Kier molecular flexibility index (Phi) is 4.82. The fourth-order valence-electron chi connectivity index (χ4n) is 1.42. The van der Waals surface area contributed by atoms with E-state index in [-0.39, 0.29) is 5.75 Å². The first-order valence-electron chi connectivity index (χ1n) is 5.16. The summed E-state index contributed by atoms with van der Waals surface area (Å²) in [6, 6.07) is 0. The Hall–Kier alpha value is -1.01. The van der Waals surface area contributed by atoms with Gasteiger partial charge in [-0.3, -0.25) is 4.18 Å². The molecule has 0 atom stereocenters. The molecule has 0 aromatic rings. The summed E-state index contributed by atoms with van der Waals surface area (Å²) < 4.78 is 26.4. The van der Waals surface area contributed by atoms with Gasteiger partial charge in [0.05, 0.1) is 19.5 Å². The van der Waals surface area contributed by atoms with Crippen molar-refractivity contribution < 1.29 is 12.6 Å². The van der Waals surface area contributed by atoms with Gasteiger partial charge in [-0.05, 0) is 19.0 Å². The molecular weight excluding hydrogens is 228 g/mol. The molecule has 5 nitrogen and oxygen atoms in total. The molecule has 0 radical (unpaired) electrons. The summed E-state index contributed by atoms with van der Waals surface area (Å²) in [7, 11) is -2.10. The van der Waals surface area contributed by atoms with Crippen molar-refractivity contribution in [3.8, 4) is 0 Å². The smallest absolute Gasteiger partial charge is 0.267 e. The summed E-state index contributed by atoms with van der Waals surface area (Å²) in [5.74, 6) is 0.0895. The number of nitrogens with zero attached hydrogens (tertiary/aromatic N) is 2. The molecule has 1 aliphatic heterocycles. The van der Waals surface area contributed by atoms with Gasteiger partial charge in [0.15, 0.2) is 0 Å². The fourth-order valence-corrected chi connectivity index (χ4v) is 2.15. The van der Waals surface area contributed by atoms with Crippen molar-refractivity contribution in [1.29, 1.82) is 0 Å².